The summed E-state index contributed by atoms with van der Waals surface area (Å²) in [5.41, 5.74) is -2.24. The van der Waals surface area contributed by atoms with Gasteiger partial charge in [-0.25, -0.2) is 17.9 Å². The summed E-state index contributed by atoms with van der Waals surface area (Å²) in [5, 5.41) is 17.9. The van der Waals surface area contributed by atoms with E-state index in [4.69, 9.17) is 28.3 Å². The Hall–Kier alpha value is -0.860. The van der Waals surface area contributed by atoms with Gasteiger partial charge < -0.3 is 10.2 Å². The largest absolute Gasteiger partial charge is 0.479 e. The lowest BCUT2D eigenvalue weighted by molar-refractivity contribution is -0.155. The van der Waals surface area contributed by atoms with E-state index in [0.717, 1.165) is 6.92 Å². The van der Waals surface area contributed by atoms with Gasteiger partial charge in [0.2, 0.25) is 10.0 Å². The van der Waals surface area contributed by atoms with Crippen LogP contribution in [0.1, 0.15) is 6.92 Å². The Bertz CT molecular complexity index is 580. The Kier molecular flexibility index (Phi) is 4.81. The van der Waals surface area contributed by atoms with Crippen LogP contribution in [0, 0.1) is 0 Å². The maximum absolute atomic E-state index is 12.0. The third kappa shape index (κ3) is 3.80. The van der Waals surface area contributed by atoms with Crippen molar-refractivity contribution in [3.05, 3.63) is 28.2 Å². The molecular formula is C10H11Cl2NO5S. The Labute approximate surface area is 120 Å². The molecule has 9 heteroatoms. The molecule has 1 aromatic rings. The number of carboxylic acids is 1. The van der Waals surface area contributed by atoms with Gasteiger partial charge in [-0.05, 0) is 19.1 Å². The molecule has 6 nitrogen and oxygen atoms in total. The lowest BCUT2D eigenvalue weighted by Crippen LogP contribution is -2.46. The summed E-state index contributed by atoms with van der Waals surface area (Å²) in [7, 11) is -4.13. The molecule has 1 unspecified atom stereocenters. The van der Waals surface area contributed by atoms with Crippen LogP contribution >= 0.6 is 23.2 Å². The molecule has 0 saturated carbocycles. The molecule has 1 aromatic carbocycles. The van der Waals surface area contributed by atoms with Crippen LogP contribution in [0.25, 0.3) is 0 Å². The van der Waals surface area contributed by atoms with E-state index in [1.54, 1.807) is 0 Å². The quantitative estimate of drug-likeness (QED) is 0.751. The van der Waals surface area contributed by atoms with Crippen LogP contribution in [-0.4, -0.2) is 36.7 Å². The lowest BCUT2D eigenvalue weighted by Gasteiger charge is -2.18. The second kappa shape index (κ2) is 5.64. The summed E-state index contributed by atoms with van der Waals surface area (Å²) in [5.74, 6) is -1.56. The van der Waals surface area contributed by atoms with Crippen LogP contribution < -0.4 is 4.72 Å². The first-order valence-electron chi connectivity index (χ1n) is 4.97. The van der Waals surface area contributed by atoms with E-state index in [2.05, 4.69) is 0 Å². The summed E-state index contributed by atoms with van der Waals surface area (Å²) in [6, 6.07) is 4.13. The average molecular weight is 328 g/mol. The minimum atomic E-state index is -4.13. The van der Waals surface area contributed by atoms with E-state index in [1.807, 2.05) is 4.72 Å². The van der Waals surface area contributed by atoms with E-state index in [-0.39, 0.29) is 14.9 Å². The van der Waals surface area contributed by atoms with Gasteiger partial charge in [-0.2, -0.15) is 0 Å². The van der Waals surface area contributed by atoms with Crippen LogP contribution in [0.5, 0.6) is 0 Å². The van der Waals surface area contributed by atoms with Crippen molar-refractivity contribution in [3.8, 4) is 0 Å². The summed E-state index contributed by atoms with van der Waals surface area (Å²) in [4.78, 5) is 10.3. The van der Waals surface area contributed by atoms with Crippen molar-refractivity contribution in [2.45, 2.75) is 17.4 Å². The minimum absolute atomic E-state index is 0.102. The number of nitrogens with one attached hydrogen (secondary N) is 1. The van der Waals surface area contributed by atoms with Crippen LogP contribution in [0.15, 0.2) is 23.1 Å². The van der Waals surface area contributed by atoms with Gasteiger partial charge in [0.05, 0.1) is 16.6 Å². The number of carbonyl (C=O) groups is 1. The number of benzene rings is 1. The molecule has 0 spiro atoms. The molecule has 0 aliphatic carbocycles. The third-order valence-electron chi connectivity index (χ3n) is 2.25. The van der Waals surface area contributed by atoms with Crippen LogP contribution in [0.3, 0.4) is 0 Å². The molecule has 0 fully saturated rings. The van der Waals surface area contributed by atoms with Gasteiger partial charge in [-0.3, -0.25) is 0 Å². The molecule has 0 amide bonds. The molecule has 0 aromatic heterocycles. The molecule has 0 radical (unpaired) electrons. The Balaban J connectivity index is 3.04. The standard InChI is InChI=1S/C10H11Cl2NO5S/c1-10(16,9(14)15)5-13-19(17,18)8-6(11)3-2-4-7(8)12/h2-4,13,16H,5H2,1H3,(H,14,15). The van der Waals surface area contributed by atoms with Gasteiger partial charge in [-0.15, -0.1) is 0 Å². The number of aliphatic hydroxyl groups is 1. The topological polar surface area (TPSA) is 104 Å². The maximum atomic E-state index is 12.0. The van der Waals surface area contributed by atoms with Gasteiger partial charge in [0.1, 0.15) is 4.90 Å². The number of halogens is 2. The molecule has 1 atom stereocenters. The fourth-order valence-corrected chi connectivity index (χ4v) is 3.39. The van der Waals surface area contributed by atoms with Gasteiger partial charge in [0.25, 0.3) is 0 Å². The Morgan fingerprint density at radius 3 is 2.26 bits per heavy atom. The van der Waals surface area contributed by atoms with Crippen molar-refractivity contribution in [2.24, 2.45) is 0 Å². The number of carboxylic acid groups (broad SMARTS) is 1. The molecular weight excluding hydrogens is 317 g/mol. The average Bonchev–Trinajstić information content (AvgIpc) is 2.26. The zero-order valence-electron chi connectivity index (χ0n) is 9.72. The molecule has 0 aliphatic heterocycles. The van der Waals surface area contributed by atoms with Gasteiger partial charge >= 0.3 is 5.97 Å². The normalized spacial score (nSPS) is 14.9. The molecule has 1 rings (SSSR count). The second-order valence-electron chi connectivity index (χ2n) is 3.95. The van der Waals surface area contributed by atoms with Crippen LogP contribution in [0.4, 0.5) is 0 Å². The van der Waals surface area contributed by atoms with Gasteiger partial charge in [-0.1, -0.05) is 29.3 Å². The number of rotatable bonds is 5. The minimum Gasteiger partial charge on any atom is -0.479 e. The monoisotopic (exact) mass is 327 g/mol. The number of hydrogen-bond donors (Lipinski definition) is 3. The van der Waals surface area contributed by atoms with Crippen molar-refractivity contribution in [1.82, 2.24) is 4.72 Å². The summed E-state index contributed by atoms with van der Waals surface area (Å²) >= 11 is 11.5. The van der Waals surface area contributed by atoms with Crippen molar-refractivity contribution in [3.63, 3.8) is 0 Å². The van der Waals surface area contributed by atoms with E-state index in [1.165, 1.54) is 18.2 Å². The maximum Gasteiger partial charge on any atom is 0.336 e. The molecule has 0 bridgehead atoms. The fraction of sp³-hybridized carbons (Fsp3) is 0.300. The first-order chi connectivity index (χ1) is 8.58. The zero-order chi connectivity index (χ0) is 14.8. The molecule has 0 heterocycles. The lowest BCUT2D eigenvalue weighted by atomic mass is 10.1. The number of hydrogen-bond acceptors (Lipinski definition) is 4. The SMILES string of the molecule is CC(O)(CNS(=O)(=O)c1c(Cl)cccc1Cl)C(=O)O. The highest BCUT2D eigenvalue weighted by molar-refractivity contribution is 7.89. The van der Waals surface area contributed by atoms with Crippen molar-refractivity contribution in [1.29, 1.82) is 0 Å². The highest BCUT2D eigenvalue weighted by Gasteiger charge is 2.32. The van der Waals surface area contributed by atoms with Crippen molar-refractivity contribution >= 4 is 39.2 Å². The molecule has 3 N–H and O–H groups in total. The predicted molar refractivity (Wildman–Crippen MR) is 69.9 cm³/mol. The second-order valence-corrected chi connectivity index (χ2v) is 6.47. The highest BCUT2D eigenvalue weighted by atomic mass is 35.5. The van der Waals surface area contributed by atoms with Gasteiger partial charge in [0.15, 0.2) is 5.60 Å². The van der Waals surface area contributed by atoms with E-state index in [9.17, 15) is 18.3 Å². The molecule has 19 heavy (non-hydrogen) atoms. The molecule has 0 aliphatic rings. The highest BCUT2D eigenvalue weighted by Crippen LogP contribution is 2.28. The Morgan fingerprint density at radius 2 is 1.84 bits per heavy atom. The van der Waals surface area contributed by atoms with E-state index < -0.39 is 28.1 Å². The molecule has 0 saturated heterocycles. The molecule has 106 valence electrons. The van der Waals surface area contributed by atoms with Crippen LogP contribution in [0.2, 0.25) is 10.0 Å². The first-order valence-corrected chi connectivity index (χ1v) is 7.21. The van der Waals surface area contributed by atoms with Crippen molar-refractivity contribution < 1.29 is 23.4 Å². The predicted octanol–water partition coefficient (Wildman–Crippen LogP) is 1.11. The van der Waals surface area contributed by atoms with E-state index >= 15 is 0 Å². The fourth-order valence-electron chi connectivity index (χ4n) is 1.12. The summed E-state index contributed by atoms with van der Waals surface area (Å²) in [6.45, 7) is 0.248. The summed E-state index contributed by atoms with van der Waals surface area (Å²) < 4.78 is 25.9. The van der Waals surface area contributed by atoms with E-state index in [0.29, 0.717) is 0 Å². The van der Waals surface area contributed by atoms with Gasteiger partial charge in [0, 0.05) is 0 Å². The number of aliphatic carboxylic acids is 1. The van der Waals surface area contributed by atoms with Crippen LogP contribution in [-0.2, 0) is 14.8 Å². The van der Waals surface area contributed by atoms with Crippen molar-refractivity contribution in [2.75, 3.05) is 6.54 Å². The summed E-state index contributed by atoms with van der Waals surface area (Å²) in [6.07, 6.45) is 0. The number of sulfonamides is 1. The zero-order valence-corrected chi connectivity index (χ0v) is 12.1. The third-order valence-corrected chi connectivity index (χ3v) is 4.61. The Morgan fingerprint density at radius 1 is 1.37 bits per heavy atom. The first kappa shape index (κ1) is 16.2. The smallest absolute Gasteiger partial charge is 0.336 e.